The van der Waals surface area contributed by atoms with E-state index >= 15 is 0 Å². The number of ketones is 2. The van der Waals surface area contributed by atoms with Crippen molar-refractivity contribution < 1.29 is 9.59 Å². The van der Waals surface area contributed by atoms with Crippen molar-refractivity contribution in [2.24, 2.45) is 5.92 Å². The second-order valence-electron chi connectivity index (χ2n) is 4.91. The summed E-state index contributed by atoms with van der Waals surface area (Å²) in [7, 11) is 0. The van der Waals surface area contributed by atoms with Crippen LogP contribution in [0.2, 0.25) is 0 Å². The van der Waals surface area contributed by atoms with E-state index in [1.165, 1.54) is 0 Å². The fraction of sp³-hybridized carbons (Fsp3) is 0.0526. The molecule has 3 rings (SSSR count). The summed E-state index contributed by atoms with van der Waals surface area (Å²) < 4.78 is 0. The zero-order chi connectivity index (χ0) is 14.7. The minimum absolute atomic E-state index is 0.0418. The summed E-state index contributed by atoms with van der Waals surface area (Å²) in [4.78, 5) is 25.1. The van der Waals surface area contributed by atoms with Crippen LogP contribution in [0.1, 0.15) is 20.7 Å². The number of allylic oxidation sites excluding steroid dienone is 4. The Hall–Kier alpha value is -2.74. The van der Waals surface area contributed by atoms with Crippen molar-refractivity contribution in [2.45, 2.75) is 0 Å². The van der Waals surface area contributed by atoms with Gasteiger partial charge in [0.05, 0.1) is 5.92 Å². The first-order valence-corrected chi connectivity index (χ1v) is 6.85. The summed E-state index contributed by atoms with van der Waals surface area (Å²) in [5.74, 6) is -0.616. The Morgan fingerprint density at radius 2 is 1.33 bits per heavy atom. The van der Waals surface area contributed by atoms with Crippen molar-refractivity contribution in [3.63, 3.8) is 0 Å². The molecule has 1 aliphatic rings. The number of rotatable bonds is 4. The van der Waals surface area contributed by atoms with Crippen molar-refractivity contribution >= 4 is 11.6 Å². The summed E-state index contributed by atoms with van der Waals surface area (Å²) in [6.07, 6.45) is 5.30. The smallest absolute Gasteiger partial charge is 0.190 e. The molecule has 0 spiro atoms. The molecule has 102 valence electrons. The maximum Gasteiger partial charge on any atom is 0.190 e. The summed E-state index contributed by atoms with van der Waals surface area (Å²) >= 11 is 0. The molecular formula is C19H14O2. The molecule has 0 fully saturated rings. The SMILES string of the molecule is O=C(C1=CC=C[C@H]1C(=O)c1ccccc1)c1ccccc1. The zero-order valence-electron chi connectivity index (χ0n) is 11.4. The minimum atomic E-state index is -0.486. The molecule has 0 saturated heterocycles. The Balaban J connectivity index is 1.88. The number of hydrogen-bond donors (Lipinski definition) is 0. The van der Waals surface area contributed by atoms with E-state index in [1.54, 1.807) is 42.5 Å². The van der Waals surface area contributed by atoms with Gasteiger partial charge in [0.2, 0.25) is 0 Å². The average molecular weight is 274 g/mol. The fourth-order valence-electron chi connectivity index (χ4n) is 2.46. The van der Waals surface area contributed by atoms with Crippen LogP contribution in [-0.4, -0.2) is 11.6 Å². The van der Waals surface area contributed by atoms with Crippen LogP contribution >= 0.6 is 0 Å². The summed E-state index contributed by atoms with van der Waals surface area (Å²) in [5, 5.41) is 0. The van der Waals surface area contributed by atoms with Crippen molar-refractivity contribution in [3.8, 4) is 0 Å². The van der Waals surface area contributed by atoms with Gasteiger partial charge in [-0.15, -0.1) is 0 Å². The molecular weight excluding hydrogens is 260 g/mol. The number of Topliss-reactive ketones (excluding diaryl/α,β-unsaturated/α-hetero) is 2. The van der Waals surface area contributed by atoms with Crippen LogP contribution in [0.5, 0.6) is 0 Å². The van der Waals surface area contributed by atoms with E-state index in [9.17, 15) is 9.59 Å². The standard InChI is InChI=1S/C19H14O2/c20-18(14-8-3-1-4-9-14)16-12-7-13-17(16)19(21)15-10-5-2-6-11-15/h1-13,16H/t16-/m1/s1. The molecule has 1 aliphatic carbocycles. The van der Waals surface area contributed by atoms with Crippen molar-refractivity contribution in [2.75, 3.05) is 0 Å². The van der Waals surface area contributed by atoms with E-state index in [0.717, 1.165) is 0 Å². The summed E-state index contributed by atoms with van der Waals surface area (Å²) in [5.41, 5.74) is 1.77. The third-order valence-electron chi connectivity index (χ3n) is 3.55. The first kappa shape index (κ1) is 13.3. The lowest BCUT2D eigenvalue weighted by atomic mass is 9.88. The number of carbonyl (C=O) groups is 2. The first-order valence-electron chi connectivity index (χ1n) is 6.85. The lowest BCUT2D eigenvalue weighted by Crippen LogP contribution is -2.18. The number of carbonyl (C=O) groups excluding carboxylic acids is 2. The molecule has 2 aromatic rings. The van der Waals surface area contributed by atoms with Gasteiger partial charge in [-0.05, 0) is 0 Å². The first-order chi connectivity index (χ1) is 10.3. The van der Waals surface area contributed by atoms with Crippen LogP contribution in [0.25, 0.3) is 0 Å². The Bertz CT molecular complexity index is 725. The Morgan fingerprint density at radius 3 is 1.95 bits per heavy atom. The molecule has 0 aliphatic heterocycles. The van der Waals surface area contributed by atoms with E-state index in [-0.39, 0.29) is 11.6 Å². The van der Waals surface area contributed by atoms with E-state index < -0.39 is 5.92 Å². The molecule has 2 nitrogen and oxygen atoms in total. The highest BCUT2D eigenvalue weighted by Crippen LogP contribution is 2.26. The molecule has 2 heteroatoms. The highest BCUT2D eigenvalue weighted by Gasteiger charge is 2.28. The number of benzene rings is 2. The molecule has 0 radical (unpaired) electrons. The second kappa shape index (κ2) is 5.71. The normalized spacial score (nSPS) is 16.6. The van der Waals surface area contributed by atoms with Crippen LogP contribution in [0, 0.1) is 5.92 Å². The van der Waals surface area contributed by atoms with Gasteiger partial charge in [-0.1, -0.05) is 78.9 Å². The predicted molar refractivity (Wildman–Crippen MR) is 82.3 cm³/mol. The fourth-order valence-corrected chi connectivity index (χ4v) is 2.46. The minimum Gasteiger partial charge on any atom is -0.293 e. The second-order valence-corrected chi connectivity index (χ2v) is 4.91. The monoisotopic (exact) mass is 274 g/mol. The van der Waals surface area contributed by atoms with Gasteiger partial charge in [0.1, 0.15) is 0 Å². The van der Waals surface area contributed by atoms with E-state index in [1.807, 2.05) is 36.4 Å². The molecule has 2 aromatic carbocycles. The van der Waals surface area contributed by atoms with Gasteiger partial charge in [-0.2, -0.15) is 0 Å². The van der Waals surface area contributed by atoms with Crippen LogP contribution in [0.4, 0.5) is 0 Å². The molecule has 0 saturated carbocycles. The van der Waals surface area contributed by atoms with Gasteiger partial charge < -0.3 is 0 Å². The summed E-state index contributed by atoms with van der Waals surface area (Å²) in [6, 6.07) is 18.1. The van der Waals surface area contributed by atoms with Crippen molar-refractivity contribution in [3.05, 3.63) is 95.6 Å². The maximum absolute atomic E-state index is 12.5. The Labute approximate surface area is 123 Å². The molecule has 1 atom stereocenters. The third kappa shape index (κ3) is 2.61. The van der Waals surface area contributed by atoms with Gasteiger partial charge >= 0.3 is 0 Å². The summed E-state index contributed by atoms with van der Waals surface area (Å²) in [6.45, 7) is 0. The van der Waals surface area contributed by atoms with Gasteiger partial charge in [-0.25, -0.2) is 0 Å². The average Bonchev–Trinajstić information content (AvgIpc) is 3.04. The largest absolute Gasteiger partial charge is 0.293 e. The zero-order valence-corrected chi connectivity index (χ0v) is 11.4. The van der Waals surface area contributed by atoms with E-state index in [0.29, 0.717) is 16.7 Å². The predicted octanol–water partition coefficient (Wildman–Crippen LogP) is 3.86. The molecule has 0 aromatic heterocycles. The van der Waals surface area contributed by atoms with Crippen LogP contribution < -0.4 is 0 Å². The number of hydrogen-bond acceptors (Lipinski definition) is 2. The molecule has 0 amide bonds. The van der Waals surface area contributed by atoms with Crippen LogP contribution in [-0.2, 0) is 0 Å². The van der Waals surface area contributed by atoms with Gasteiger partial charge in [0, 0.05) is 16.7 Å². The van der Waals surface area contributed by atoms with Gasteiger partial charge in [-0.3, -0.25) is 9.59 Å². The molecule has 21 heavy (non-hydrogen) atoms. The van der Waals surface area contributed by atoms with Crippen molar-refractivity contribution in [1.29, 1.82) is 0 Å². The maximum atomic E-state index is 12.5. The van der Waals surface area contributed by atoms with Crippen LogP contribution in [0.3, 0.4) is 0 Å². The quantitative estimate of drug-likeness (QED) is 0.793. The molecule has 0 heterocycles. The van der Waals surface area contributed by atoms with Gasteiger partial charge in [0.25, 0.3) is 0 Å². The van der Waals surface area contributed by atoms with E-state index in [4.69, 9.17) is 0 Å². The third-order valence-corrected chi connectivity index (χ3v) is 3.55. The molecule has 0 bridgehead atoms. The molecule has 0 N–H and O–H groups in total. The highest BCUT2D eigenvalue weighted by molar-refractivity contribution is 6.15. The highest BCUT2D eigenvalue weighted by atomic mass is 16.1. The topological polar surface area (TPSA) is 34.1 Å². The van der Waals surface area contributed by atoms with Crippen LogP contribution in [0.15, 0.2) is 84.5 Å². The van der Waals surface area contributed by atoms with E-state index in [2.05, 4.69) is 0 Å². The van der Waals surface area contributed by atoms with Gasteiger partial charge in [0.15, 0.2) is 11.6 Å². The van der Waals surface area contributed by atoms with Crippen molar-refractivity contribution in [1.82, 2.24) is 0 Å². The Kier molecular flexibility index (Phi) is 3.61. The lowest BCUT2D eigenvalue weighted by Gasteiger charge is -2.12. The lowest BCUT2D eigenvalue weighted by molar-refractivity contribution is 0.0930. The molecule has 0 unspecified atom stereocenters. The Morgan fingerprint density at radius 1 is 0.762 bits per heavy atom.